The first-order valence-corrected chi connectivity index (χ1v) is 11.4. The van der Waals surface area contributed by atoms with Crippen molar-refractivity contribution < 1.29 is 4.79 Å². The summed E-state index contributed by atoms with van der Waals surface area (Å²) in [7, 11) is 0. The molecule has 0 spiro atoms. The van der Waals surface area contributed by atoms with Crippen LogP contribution in [0, 0.1) is 27.7 Å². The minimum atomic E-state index is -0.134. The van der Waals surface area contributed by atoms with Crippen LogP contribution in [0.25, 0.3) is 11.6 Å². The van der Waals surface area contributed by atoms with E-state index in [1.165, 1.54) is 11.8 Å². The zero-order chi connectivity index (χ0) is 22.8. The number of thioether (sulfide) groups is 1. The highest BCUT2D eigenvalue weighted by atomic mass is 32.2. The van der Waals surface area contributed by atoms with E-state index in [4.69, 9.17) is 0 Å². The fourth-order valence-electron chi connectivity index (χ4n) is 3.63. The molecule has 1 aromatic carbocycles. The first-order chi connectivity index (χ1) is 15.4. The molecule has 9 heteroatoms. The van der Waals surface area contributed by atoms with Crippen LogP contribution in [-0.4, -0.2) is 41.7 Å². The number of amides is 1. The minimum absolute atomic E-state index is 0.134. The van der Waals surface area contributed by atoms with Gasteiger partial charge < -0.3 is 5.32 Å². The molecule has 3 heterocycles. The van der Waals surface area contributed by atoms with Gasteiger partial charge in [0.05, 0.1) is 28.9 Å². The number of carbonyl (C=O) groups excluding carboxylic acids is 1. The lowest BCUT2D eigenvalue weighted by Gasteiger charge is -2.11. The molecule has 0 bridgehead atoms. The van der Waals surface area contributed by atoms with E-state index in [9.17, 15) is 4.79 Å². The smallest absolute Gasteiger partial charge is 0.251 e. The molecule has 4 rings (SSSR count). The Morgan fingerprint density at radius 1 is 1.03 bits per heavy atom. The van der Waals surface area contributed by atoms with Crippen molar-refractivity contribution in [1.29, 1.82) is 0 Å². The van der Waals surface area contributed by atoms with Gasteiger partial charge in [-0.25, -0.2) is 19.3 Å². The van der Waals surface area contributed by atoms with E-state index in [1.54, 1.807) is 15.6 Å². The van der Waals surface area contributed by atoms with Crippen LogP contribution in [0.15, 0.2) is 47.5 Å². The molecule has 0 aliphatic rings. The molecular weight excluding hydrogens is 422 g/mol. The van der Waals surface area contributed by atoms with Crippen LogP contribution >= 0.6 is 11.8 Å². The van der Waals surface area contributed by atoms with E-state index in [0.717, 1.165) is 38.9 Å². The summed E-state index contributed by atoms with van der Waals surface area (Å²) in [5, 5.41) is 12.1. The van der Waals surface area contributed by atoms with Gasteiger partial charge in [-0.05, 0) is 52.1 Å². The largest absolute Gasteiger partial charge is 0.309 e. The molecule has 3 aromatic heterocycles. The first kappa shape index (κ1) is 21.8. The number of para-hydroxylation sites is 1. The maximum atomic E-state index is 13.1. The summed E-state index contributed by atoms with van der Waals surface area (Å²) in [5.41, 5.74) is 5.12. The van der Waals surface area contributed by atoms with E-state index in [2.05, 4.69) is 25.5 Å². The van der Waals surface area contributed by atoms with Crippen molar-refractivity contribution in [3.05, 3.63) is 70.9 Å². The molecule has 0 saturated heterocycles. The molecule has 4 aromatic rings. The number of nitrogens with zero attached hydrogens (tertiary/aromatic N) is 6. The number of aromatic nitrogens is 6. The number of aryl methyl sites for hydroxylation is 3. The van der Waals surface area contributed by atoms with Crippen molar-refractivity contribution in [3.63, 3.8) is 0 Å². The summed E-state index contributed by atoms with van der Waals surface area (Å²) in [6, 6.07) is 11.7. The molecule has 0 radical (unpaired) electrons. The molecule has 0 fully saturated rings. The van der Waals surface area contributed by atoms with Crippen molar-refractivity contribution in [1.82, 2.24) is 29.5 Å². The molecule has 1 N–H and O–H groups in total. The van der Waals surface area contributed by atoms with Gasteiger partial charge in [-0.1, -0.05) is 18.2 Å². The van der Waals surface area contributed by atoms with Gasteiger partial charge in [-0.3, -0.25) is 4.79 Å². The fraction of sp³-hybridized carbons (Fsp3) is 0.261. The Morgan fingerprint density at radius 2 is 1.72 bits per heavy atom. The predicted octanol–water partition coefficient (Wildman–Crippen LogP) is 3.98. The van der Waals surface area contributed by atoms with Crippen molar-refractivity contribution in [2.24, 2.45) is 0 Å². The predicted molar refractivity (Wildman–Crippen MR) is 126 cm³/mol. The fourth-order valence-corrected chi connectivity index (χ4v) is 4.11. The van der Waals surface area contributed by atoms with Gasteiger partial charge in [0.2, 0.25) is 5.91 Å². The quantitative estimate of drug-likeness (QED) is 0.450. The Kier molecular flexibility index (Phi) is 6.09. The minimum Gasteiger partial charge on any atom is -0.309 e. The Hall–Kier alpha value is -3.46. The lowest BCUT2D eigenvalue weighted by molar-refractivity contribution is -0.115. The second-order valence-electron chi connectivity index (χ2n) is 7.55. The average Bonchev–Trinajstić information content (AvgIpc) is 3.29. The van der Waals surface area contributed by atoms with Crippen molar-refractivity contribution in [2.45, 2.75) is 39.0 Å². The number of benzene rings is 1. The van der Waals surface area contributed by atoms with E-state index in [1.807, 2.05) is 70.3 Å². The van der Waals surface area contributed by atoms with E-state index >= 15 is 0 Å². The first-order valence-electron chi connectivity index (χ1n) is 10.2. The third-order valence-electron chi connectivity index (χ3n) is 5.15. The molecule has 0 aliphatic heterocycles. The molecular formula is C23H25N7OS. The third-order valence-corrected chi connectivity index (χ3v) is 5.89. The summed E-state index contributed by atoms with van der Waals surface area (Å²) in [6.07, 6.45) is 3.92. The van der Waals surface area contributed by atoms with E-state index in [-0.39, 0.29) is 12.3 Å². The third kappa shape index (κ3) is 4.29. The number of anilines is 1. The number of rotatable bonds is 6. The van der Waals surface area contributed by atoms with Gasteiger partial charge in [-0.2, -0.15) is 10.2 Å². The second-order valence-corrected chi connectivity index (χ2v) is 8.39. The Balaban J connectivity index is 1.61. The normalized spacial score (nSPS) is 11.0. The zero-order valence-electron chi connectivity index (χ0n) is 18.7. The number of carbonyl (C=O) groups is 1. The topological polar surface area (TPSA) is 90.5 Å². The molecule has 0 atom stereocenters. The van der Waals surface area contributed by atoms with E-state index in [0.29, 0.717) is 11.8 Å². The SMILES string of the molecule is CSc1cnn(-c2ccccc2)c1NC(=O)Cc1c(C)nn(-c2nc(C)cc(C)n2)c1C. The van der Waals surface area contributed by atoms with Crippen LogP contribution in [-0.2, 0) is 11.2 Å². The average molecular weight is 448 g/mol. The highest BCUT2D eigenvalue weighted by Gasteiger charge is 2.20. The van der Waals surface area contributed by atoms with Crippen molar-refractivity contribution in [3.8, 4) is 11.6 Å². The Bertz CT molecular complexity index is 1260. The second kappa shape index (κ2) is 8.96. The van der Waals surface area contributed by atoms with Gasteiger partial charge in [0.1, 0.15) is 5.82 Å². The lowest BCUT2D eigenvalue weighted by Crippen LogP contribution is -2.18. The summed E-state index contributed by atoms with van der Waals surface area (Å²) in [6.45, 7) is 7.69. The monoisotopic (exact) mass is 447 g/mol. The highest BCUT2D eigenvalue weighted by Crippen LogP contribution is 2.28. The number of hydrogen-bond acceptors (Lipinski definition) is 6. The van der Waals surface area contributed by atoms with E-state index < -0.39 is 0 Å². The van der Waals surface area contributed by atoms with Crippen LogP contribution in [0.3, 0.4) is 0 Å². The highest BCUT2D eigenvalue weighted by molar-refractivity contribution is 7.98. The van der Waals surface area contributed by atoms with Gasteiger partial charge in [0.15, 0.2) is 0 Å². The summed E-state index contributed by atoms with van der Waals surface area (Å²) >= 11 is 1.54. The Labute approximate surface area is 191 Å². The number of hydrogen-bond donors (Lipinski definition) is 1. The standard InChI is InChI=1S/C23H25N7OS/c1-14-11-15(2)26-23(25-14)29-17(4)19(16(3)28-29)12-21(31)27-22-20(32-5)13-24-30(22)18-9-7-6-8-10-18/h6-11,13H,12H2,1-5H3,(H,27,31). The van der Waals surface area contributed by atoms with Crippen molar-refractivity contribution >= 4 is 23.5 Å². The van der Waals surface area contributed by atoms with Crippen LogP contribution in [0.2, 0.25) is 0 Å². The maximum absolute atomic E-state index is 13.1. The van der Waals surface area contributed by atoms with Gasteiger partial charge in [0, 0.05) is 22.6 Å². The molecule has 32 heavy (non-hydrogen) atoms. The Morgan fingerprint density at radius 3 is 2.38 bits per heavy atom. The van der Waals surface area contributed by atoms with Crippen LogP contribution < -0.4 is 5.32 Å². The molecule has 8 nitrogen and oxygen atoms in total. The van der Waals surface area contributed by atoms with Crippen LogP contribution in [0.1, 0.15) is 28.3 Å². The van der Waals surface area contributed by atoms with Gasteiger partial charge in [0.25, 0.3) is 5.95 Å². The van der Waals surface area contributed by atoms with Crippen molar-refractivity contribution in [2.75, 3.05) is 11.6 Å². The lowest BCUT2D eigenvalue weighted by atomic mass is 10.1. The van der Waals surface area contributed by atoms with Gasteiger partial charge in [-0.15, -0.1) is 11.8 Å². The molecule has 0 aliphatic carbocycles. The summed E-state index contributed by atoms with van der Waals surface area (Å²) < 4.78 is 3.45. The summed E-state index contributed by atoms with van der Waals surface area (Å²) in [5.74, 6) is 1.04. The number of nitrogens with one attached hydrogen (secondary N) is 1. The molecule has 164 valence electrons. The summed E-state index contributed by atoms with van der Waals surface area (Å²) in [4.78, 5) is 23.0. The van der Waals surface area contributed by atoms with Crippen LogP contribution in [0.4, 0.5) is 5.82 Å². The zero-order valence-corrected chi connectivity index (χ0v) is 19.6. The molecule has 1 amide bonds. The maximum Gasteiger partial charge on any atom is 0.251 e. The molecule has 0 saturated carbocycles. The molecule has 0 unspecified atom stereocenters. The van der Waals surface area contributed by atoms with Crippen LogP contribution in [0.5, 0.6) is 0 Å². The van der Waals surface area contributed by atoms with Gasteiger partial charge >= 0.3 is 0 Å².